The third-order valence-electron chi connectivity index (χ3n) is 3.22. The molecule has 0 saturated heterocycles. The highest BCUT2D eigenvalue weighted by molar-refractivity contribution is 5.80. The van der Waals surface area contributed by atoms with E-state index in [9.17, 15) is 0 Å². The van der Waals surface area contributed by atoms with Crippen LogP contribution in [0.1, 0.15) is 24.2 Å². The van der Waals surface area contributed by atoms with Gasteiger partial charge in [0.1, 0.15) is 12.2 Å². The van der Waals surface area contributed by atoms with Crippen LogP contribution in [0.15, 0.2) is 29.0 Å². The van der Waals surface area contributed by atoms with Gasteiger partial charge in [0, 0.05) is 30.7 Å². The standard InChI is InChI=1S/C14H17N5O/c1-3-12-17-13(20-18-12)9-19-8-10(7-15-2)11-5-4-6-16-14(11)19/h4-6,8,15H,3,7,9H2,1-2H3. The molecule has 0 fully saturated rings. The molecule has 0 unspecified atom stereocenters. The summed E-state index contributed by atoms with van der Waals surface area (Å²) in [7, 11) is 1.94. The van der Waals surface area contributed by atoms with Crippen LogP contribution < -0.4 is 5.32 Å². The summed E-state index contributed by atoms with van der Waals surface area (Å²) in [5.74, 6) is 1.35. The molecule has 3 heterocycles. The van der Waals surface area contributed by atoms with Crippen LogP contribution >= 0.6 is 0 Å². The lowest BCUT2D eigenvalue weighted by Crippen LogP contribution is -2.04. The molecule has 0 aromatic carbocycles. The Morgan fingerprint density at radius 1 is 1.40 bits per heavy atom. The average Bonchev–Trinajstić information content (AvgIpc) is 3.06. The van der Waals surface area contributed by atoms with E-state index in [2.05, 4.69) is 37.3 Å². The largest absolute Gasteiger partial charge is 0.337 e. The molecule has 0 aliphatic carbocycles. The van der Waals surface area contributed by atoms with Crippen molar-refractivity contribution in [3.05, 3.63) is 41.8 Å². The lowest BCUT2D eigenvalue weighted by molar-refractivity contribution is 0.367. The SMILES string of the molecule is CCc1noc(Cn2cc(CNC)c3cccnc32)n1. The molecule has 0 amide bonds. The Kier molecular flexibility index (Phi) is 3.47. The first-order valence-electron chi connectivity index (χ1n) is 6.70. The first-order valence-corrected chi connectivity index (χ1v) is 6.70. The first kappa shape index (κ1) is 12.8. The molecule has 3 aromatic heterocycles. The number of nitrogens with zero attached hydrogens (tertiary/aromatic N) is 4. The summed E-state index contributed by atoms with van der Waals surface area (Å²) in [5, 5.41) is 8.25. The van der Waals surface area contributed by atoms with E-state index < -0.39 is 0 Å². The van der Waals surface area contributed by atoms with Gasteiger partial charge < -0.3 is 14.4 Å². The average molecular weight is 271 g/mol. The van der Waals surface area contributed by atoms with Crippen molar-refractivity contribution in [3.8, 4) is 0 Å². The Morgan fingerprint density at radius 3 is 3.05 bits per heavy atom. The van der Waals surface area contributed by atoms with Crippen molar-refractivity contribution in [1.29, 1.82) is 0 Å². The summed E-state index contributed by atoms with van der Waals surface area (Å²) < 4.78 is 7.30. The number of rotatable bonds is 5. The summed E-state index contributed by atoms with van der Waals surface area (Å²) in [4.78, 5) is 8.80. The first-order chi connectivity index (χ1) is 9.81. The zero-order valence-electron chi connectivity index (χ0n) is 11.6. The number of hydrogen-bond acceptors (Lipinski definition) is 5. The second-order valence-corrected chi connectivity index (χ2v) is 4.65. The van der Waals surface area contributed by atoms with Gasteiger partial charge in [-0.15, -0.1) is 0 Å². The Morgan fingerprint density at radius 2 is 2.30 bits per heavy atom. The summed E-state index contributed by atoms with van der Waals surface area (Å²) in [6, 6.07) is 4.03. The maximum absolute atomic E-state index is 5.25. The van der Waals surface area contributed by atoms with Crippen molar-refractivity contribution in [2.45, 2.75) is 26.4 Å². The van der Waals surface area contributed by atoms with Crippen molar-refractivity contribution in [2.75, 3.05) is 7.05 Å². The zero-order valence-corrected chi connectivity index (χ0v) is 11.6. The maximum atomic E-state index is 5.25. The van der Waals surface area contributed by atoms with Crippen LogP contribution in [0.5, 0.6) is 0 Å². The van der Waals surface area contributed by atoms with E-state index in [4.69, 9.17) is 4.52 Å². The highest BCUT2D eigenvalue weighted by Crippen LogP contribution is 2.20. The zero-order chi connectivity index (χ0) is 13.9. The molecule has 0 spiro atoms. The van der Waals surface area contributed by atoms with Crippen molar-refractivity contribution in [1.82, 2.24) is 25.0 Å². The van der Waals surface area contributed by atoms with Crippen molar-refractivity contribution < 1.29 is 4.52 Å². The van der Waals surface area contributed by atoms with Crippen molar-refractivity contribution >= 4 is 11.0 Å². The van der Waals surface area contributed by atoms with E-state index in [0.29, 0.717) is 12.4 Å². The third kappa shape index (κ3) is 2.30. The number of aryl methyl sites for hydroxylation is 1. The van der Waals surface area contributed by atoms with E-state index in [-0.39, 0.29) is 0 Å². The predicted molar refractivity (Wildman–Crippen MR) is 75.3 cm³/mol. The Bertz CT molecular complexity index is 715. The second-order valence-electron chi connectivity index (χ2n) is 4.65. The summed E-state index contributed by atoms with van der Waals surface area (Å²) >= 11 is 0. The van der Waals surface area contributed by atoms with E-state index >= 15 is 0 Å². The fourth-order valence-electron chi connectivity index (χ4n) is 2.29. The van der Waals surface area contributed by atoms with Crippen LogP contribution in [-0.4, -0.2) is 26.7 Å². The lowest BCUT2D eigenvalue weighted by Gasteiger charge is -1.99. The van der Waals surface area contributed by atoms with Gasteiger partial charge in [0.25, 0.3) is 0 Å². The lowest BCUT2D eigenvalue weighted by atomic mass is 10.2. The van der Waals surface area contributed by atoms with Gasteiger partial charge in [-0.1, -0.05) is 12.1 Å². The van der Waals surface area contributed by atoms with Crippen LogP contribution in [-0.2, 0) is 19.5 Å². The summed E-state index contributed by atoms with van der Waals surface area (Å²) in [6.45, 7) is 3.36. The molecular formula is C14H17N5O. The predicted octanol–water partition coefficient (Wildman–Crippen LogP) is 1.75. The molecule has 0 bridgehead atoms. The number of pyridine rings is 1. The Balaban J connectivity index is 1.98. The fourth-order valence-corrected chi connectivity index (χ4v) is 2.29. The van der Waals surface area contributed by atoms with E-state index in [0.717, 1.165) is 29.8 Å². The van der Waals surface area contributed by atoms with Crippen molar-refractivity contribution in [2.24, 2.45) is 0 Å². The van der Waals surface area contributed by atoms with Gasteiger partial charge in [-0.2, -0.15) is 4.98 Å². The molecule has 3 aromatic rings. The maximum Gasteiger partial charge on any atom is 0.246 e. The van der Waals surface area contributed by atoms with E-state index in [1.165, 1.54) is 5.56 Å². The van der Waals surface area contributed by atoms with Gasteiger partial charge in [0.15, 0.2) is 5.82 Å². The minimum absolute atomic E-state index is 0.546. The second kappa shape index (κ2) is 5.42. The van der Waals surface area contributed by atoms with Crippen LogP contribution in [0.4, 0.5) is 0 Å². The minimum Gasteiger partial charge on any atom is -0.337 e. The summed E-state index contributed by atoms with van der Waals surface area (Å²) in [6.07, 6.45) is 4.66. The number of aromatic nitrogens is 4. The molecule has 1 N–H and O–H groups in total. The highest BCUT2D eigenvalue weighted by Gasteiger charge is 2.12. The van der Waals surface area contributed by atoms with E-state index in [1.54, 1.807) is 6.20 Å². The molecule has 0 atom stereocenters. The van der Waals surface area contributed by atoms with Gasteiger partial charge in [0.2, 0.25) is 5.89 Å². The quantitative estimate of drug-likeness (QED) is 0.765. The Labute approximate surface area is 116 Å². The van der Waals surface area contributed by atoms with Crippen LogP contribution in [0, 0.1) is 0 Å². The Hall–Kier alpha value is -2.21. The monoisotopic (exact) mass is 271 g/mol. The number of fused-ring (bicyclic) bond motifs is 1. The molecule has 0 radical (unpaired) electrons. The molecule has 20 heavy (non-hydrogen) atoms. The van der Waals surface area contributed by atoms with Crippen LogP contribution in [0.2, 0.25) is 0 Å². The summed E-state index contributed by atoms with van der Waals surface area (Å²) in [5.41, 5.74) is 2.15. The number of nitrogens with one attached hydrogen (secondary N) is 1. The smallest absolute Gasteiger partial charge is 0.246 e. The molecule has 104 valence electrons. The van der Waals surface area contributed by atoms with Gasteiger partial charge in [-0.25, -0.2) is 4.98 Å². The molecule has 6 nitrogen and oxygen atoms in total. The van der Waals surface area contributed by atoms with Crippen LogP contribution in [0.25, 0.3) is 11.0 Å². The molecule has 0 aliphatic rings. The molecule has 0 aliphatic heterocycles. The van der Waals surface area contributed by atoms with Gasteiger partial charge in [0.05, 0.1) is 0 Å². The molecular weight excluding hydrogens is 254 g/mol. The fraction of sp³-hybridized carbons (Fsp3) is 0.357. The normalized spacial score (nSPS) is 11.3. The topological polar surface area (TPSA) is 68.8 Å². The highest BCUT2D eigenvalue weighted by atomic mass is 16.5. The van der Waals surface area contributed by atoms with Gasteiger partial charge in [-0.05, 0) is 24.7 Å². The molecule has 6 heteroatoms. The number of hydrogen-bond donors (Lipinski definition) is 1. The van der Waals surface area contributed by atoms with E-state index in [1.807, 2.05) is 20.0 Å². The van der Waals surface area contributed by atoms with Gasteiger partial charge in [-0.3, -0.25) is 0 Å². The minimum atomic E-state index is 0.546. The van der Waals surface area contributed by atoms with Crippen molar-refractivity contribution in [3.63, 3.8) is 0 Å². The van der Waals surface area contributed by atoms with Gasteiger partial charge >= 0.3 is 0 Å². The van der Waals surface area contributed by atoms with Crippen LogP contribution in [0.3, 0.4) is 0 Å². The molecule has 0 saturated carbocycles. The third-order valence-corrected chi connectivity index (χ3v) is 3.22. The molecule has 3 rings (SSSR count).